The van der Waals surface area contributed by atoms with Crippen molar-refractivity contribution in [1.82, 2.24) is 0 Å². The predicted octanol–water partition coefficient (Wildman–Crippen LogP) is 4.19. The van der Waals surface area contributed by atoms with Gasteiger partial charge in [-0.1, -0.05) is 31.2 Å². The van der Waals surface area contributed by atoms with Gasteiger partial charge in [-0.15, -0.1) is 0 Å². The van der Waals surface area contributed by atoms with Crippen LogP contribution < -0.4 is 0 Å². The summed E-state index contributed by atoms with van der Waals surface area (Å²) in [6.45, 7) is 7.17. The van der Waals surface area contributed by atoms with Gasteiger partial charge in [-0.25, -0.2) is 0 Å². The van der Waals surface area contributed by atoms with Gasteiger partial charge in [0.15, 0.2) is 11.4 Å². The van der Waals surface area contributed by atoms with Gasteiger partial charge in [0.05, 0.1) is 6.10 Å². The number of carbonyl (C=O) groups excluding carboxylic acids is 2. The van der Waals surface area contributed by atoms with Crippen molar-refractivity contribution in [3.63, 3.8) is 0 Å². The molecule has 4 saturated carbocycles. The molecule has 5 fully saturated rings. The first-order chi connectivity index (χ1) is 12.3. The molecule has 6 aliphatic rings. The number of fused-ring (bicyclic) bond motifs is 6. The molecule has 3 nitrogen and oxygen atoms in total. The van der Waals surface area contributed by atoms with Crippen LogP contribution in [0.25, 0.3) is 0 Å². The molecule has 1 saturated heterocycles. The number of rotatable bonds is 2. The van der Waals surface area contributed by atoms with Crippen LogP contribution in [0.2, 0.25) is 0 Å². The number of ether oxygens (including phenoxy) is 1. The summed E-state index contributed by atoms with van der Waals surface area (Å²) in [5.41, 5.74) is 2.73. The van der Waals surface area contributed by atoms with E-state index in [1.165, 1.54) is 30.2 Å². The highest BCUT2D eigenvalue weighted by atomic mass is 32.2. The maximum absolute atomic E-state index is 12.1. The van der Waals surface area contributed by atoms with Crippen LogP contribution in [0.4, 0.5) is 0 Å². The van der Waals surface area contributed by atoms with Gasteiger partial charge in [0.25, 0.3) is 0 Å². The Morgan fingerprint density at radius 1 is 1.27 bits per heavy atom. The van der Waals surface area contributed by atoms with Gasteiger partial charge >= 0.3 is 0 Å². The maximum atomic E-state index is 12.1. The van der Waals surface area contributed by atoms with Crippen molar-refractivity contribution in [3.8, 4) is 0 Å². The summed E-state index contributed by atoms with van der Waals surface area (Å²) in [7, 11) is 0. The van der Waals surface area contributed by atoms with Gasteiger partial charge < -0.3 is 4.74 Å². The molecule has 1 heterocycles. The predicted molar refractivity (Wildman–Crippen MR) is 101 cm³/mol. The molecule has 0 aromatic rings. The molecule has 0 aromatic carbocycles. The van der Waals surface area contributed by atoms with Crippen LogP contribution in [0.5, 0.6) is 0 Å². The summed E-state index contributed by atoms with van der Waals surface area (Å²) in [6, 6.07) is 0. The summed E-state index contributed by atoms with van der Waals surface area (Å²) in [4.78, 5) is 23.5. The van der Waals surface area contributed by atoms with E-state index < -0.39 is 0 Å². The summed E-state index contributed by atoms with van der Waals surface area (Å²) < 4.78 is 6.74. The van der Waals surface area contributed by atoms with Crippen molar-refractivity contribution in [2.75, 3.05) is 0 Å². The molecule has 26 heavy (non-hydrogen) atoms. The maximum Gasteiger partial charge on any atom is 0.176 e. The van der Waals surface area contributed by atoms with Crippen LogP contribution >= 0.6 is 11.8 Å². The Kier molecular flexibility index (Phi) is 2.84. The monoisotopic (exact) mass is 372 g/mol. The second-order valence-electron chi connectivity index (χ2n) is 10.5. The van der Waals surface area contributed by atoms with Crippen LogP contribution in [0.3, 0.4) is 0 Å². The molecule has 0 aromatic heterocycles. The molecular formula is C22H28O3S. The SMILES string of the molecule is CC12CC3O[C@@]34[C@@H]([C@H]3C[C@H]3C3=CC(=O)CC[C@@]34C)[C@@H]1CC[C@]2(C)SC=O. The average Bonchev–Trinajstić information content (AvgIpc) is 3.47. The van der Waals surface area contributed by atoms with E-state index in [1.807, 2.05) is 6.08 Å². The number of hydrogen-bond donors (Lipinski definition) is 0. The number of hydrogen-bond acceptors (Lipinski definition) is 4. The Labute approximate surface area is 159 Å². The minimum absolute atomic E-state index is 0.0154. The number of carbonyl (C=O) groups is 2. The fourth-order valence-electron chi connectivity index (χ4n) is 8.34. The van der Waals surface area contributed by atoms with E-state index in [9.17, 15) is 9.59 Å². The molecular weight excluding hydrogens is 344 g/mol. The standard InChI is InChI=1S/C22H28O3S/c1-19-6-4-12(24)8-16(19)13-9-14(13)18-15-5-7-21(3,26-11-23)20(15,2)10-17-22(18,19)25-17/h8,11,13-15,17-18H,4-7,9-10H2,1-3H3/t13-,14+,15+,17?,18+,19+,20?,21+,22-/m1/s1. The van der Waals surface area contributed by atoms with Gasteiger partial charge in [0.1, 0.15) is 5.60 Å². The highest BCUT2D eigenvalue weighted by Crippen LogP contribution is 2.82. The molecule has 1 spiro atoms. The van der Waals surface area contributed by atoms with Gasteiger partial charge in [-0.2, -0.15) is 0 Å². The first-order valence-electron chi connectivity index (χ1n) is 10.3. The Balaban J connectivity index is 1.47. The average molecular weight is 373 g/mol. The largest absolute Gasteiger partial charge is 0.365 e. The molecule has 2 unspecified atom stereocenters. The zero-order chi connectivity index (χ0) is 18.1. The Morgan fingerprint density at radius 2 is 2.08 bits per heavy atom. The van der Waals surface area contributed by atoms with E-state index in [4.69, 9.17) is 4.74 Å². The normalized spacial score (nSPS) is 61.4. The first kappa shape index (κ1) is 16.4. The molecule has 0 N–H and O–H groups in total. The summed E-state index contributed by atoms with van der Waals surface area (Å²) in [5, 5.41) is 0. The van der Waals surface area contributed by atoms with E-state index in [1.54, 1.807) is 0 Å². The van der Waals surface area contributed by atoms with Crippen molar-refractivity contribution in [3.05, 3.63) is 11.6 Å². The third-order valence-electron chi connectivity index (χ3n) is 9.95. The molecule has 0 amide bonds. The van der Waals surface area contributed by atoms with Crippen molar-refractivity contribution in [2.45, 2.75) is 75.7 Å². The Bertz CT molecular complexity index is 775. The third kappa shape index (κ3) is 1.54. The van der Waals surface area contributed by atoms with Crippen molar-refractivity contribution in [1.29, 1.82) is 0 Å². The molecule has 140 valence electrons. The van der Waals surface area contributed by atoms with Crippen molar-refractivity contribution >= 4 is 23.2 Å². The number of thioether (sulfide) groups is 1. The van der Waals surface area contributed by atoms with Crippen LogP contribution in [0.1, 0.15) is 59.3 Å². The van der Waals surface area contributed by atoms with Crippen LogP contribution in [-0.4, -0.2) is 27.9 Å². The molecule has 0 radical (unpaired) electrons. The zero-order valence-electron chi connectivity index (χ0n) is 15.9. The molecule has 1 aliphatic heterocycles. The van der Waals surface area contributed by atoms with Gasteiger partial charge in [0.2, 0.25) is 0 Å². The van der Waals surface area contributed by atoms with Crippen LogP contribution in [-0.2, 0) is 14.3 Å². The lowest BCUT2D eigenvalue weighted by Crippen LogP contribution is -2.59. The highest BCUT2D eigenvalue weighted by molar-refractivity contribution is 8.13. The minimum atomic E-state index is -0.0154. The topological polar surface area (TPSA) is 46.7 Å². The van der Waals surface area contributed by atoms with Gasteiger partial charge in [-0.05, 0) is 74.2 Å². The van der Waals surface area contributed by atoms with E-state index in [0.29, 0.717) is 42.0 Å². The van der Waals surface area contributed by atoms with Gasteiger partial charge in [-0.3, -0.25) is 9.59 Å². The van der Waals surface area contributed by atoms with Crippen molar-refractivity contribution < 1.29 is 14.3 Å². The first-order valence-corrected chi connectivity index (χ1v) is 11.2. The second kappa shape index (κ2) is 4.51. The Hall–Kier alpha value is -0.610. The smallest absolute Gasteiger partial charge is 0.176 e. The quantitative estimate of drug-likeness (QED) is 0.539. The molecule has 0 bridgehead atoms. The lowest BCUT2D eigenvalue weighted by molar-refractivity contribution is -0.117. The fourth-order valence-corrected chi connectivity index (χ4v) is 9.29. The summed E-state index contributed by atoms with van der Waals surface area (Å²) >= 11 is 1.53. The Morgan fingerprint density at radius 3 is 2.85 bits per heavy atom. The summed E-state index contributed by atoms with van der Waals surface area (Å²) in [6.07, 6.45) is 8.69. The van der Waals surface area contributed by atoms with Gasteiger partial charge in [0, 0.05) is 16.6 Å². The second-order valence-corrected chi connectivity index (χ2v) is 11.9. The fraction of sp³-hybridized carbons (Fsp3) is 0.818. The van der Waals surface area contributed by atoms with E-state index in [0.717, 1.165) is 24.9 Å². The lowest BCUT2D eigenvalue weighted by Gasteiger charge is -2.57. The molecule has 5 aliphatic carbocycles. The zero-order valence-corrected chi connectivity index (χ0v) is 16.7. The minimum Gasteiger partial charge on any atom is -0.365 e. The van der Waals surface area contributed by atoms with E-state index in [2.05, 4.69) is 20.8 Å². The van der Waals surface area contributed by atoms with Crippen LogP contribution in [0, 0.1) is 34.5 Å². The molecule has 9 atom stereocenters. The highest BCUT2D eigenvalue weighted by Gasteiger charge is 2.84. The van der Waals surface area contributed by atoms with Crippen molar-refractivity contribution in [2.24, 2.45) is 34.5 Å². The lowest BCUT2D eigenvalue weighted by atomic mass is 9.46. The number of epoxide rings is 1. The summed E-state index contributed by atoms with van der Waals surface area (Å²) in [5.74, 6) is 2.94. The number of ketones is 1. The van der Waals surface area contributed by atoms with E-state index >= 15 is 0 Å². The van der Waals surface area contributed by atoms with E-state index in [-0.39, 0.29) is 21.2 Å². The molecule has 6 rings (SSSR count). The third-order valence-corrected chi connectivity index (χ3v) is 11.2. The molecule has 4 heteroatoms. The van der Waals surface area contributed by atoms with Crippen LogP contribution in [0.15, 0.2) is 11.6 Å².